The van der Waals surface area contributed by atoms with Crippen molar-refractivity contribution in [2.24, 2.45) is 0 Å². The zero-order chi connectivity index (χ0) is 14.7. The van der Waals surface area contributed by atoms with Crippen molar-refractivity contribution in [1.82, 2.24) is 20.1 Å². The highest BCUT2D eigenvalue weighted by molar-refractivity contribution is 5.94. The molecule has 21 heavy (non-hydrogen) atoms. The van der Waals surface area contributed by atoms with Crippen LogP contribution in [0.15, 0.2) is 16.7 Å². The molecule has 3 heterocycles. The third-order valence-electron chi connectivity index (χ3n) is 3.92. The number of rotatable bonds is 4. The van der Waals surface area contributed by atoms with E-state index < -0.39 is 0 Å². The lowest BCUT2D eigenvalue weighted by atomic mass is 10.2. The maximum atomic E-state index is 12.0. The molecule has 0 saturated carbocycles. The van der Waals surface area contributed by atoms with Gasteiger partial charge in [0, 0.05) is 25.9 Å². The molecule has 0 fully saturated rings. The van der Waals surface area contributed by atoms with Gasteiger partial charge in [0.05, 0.1) is 11.8 Å². The van der Waals surface area contributed by atoms with E-state index in [0.29, 0.717) is 24.3 Å². The highest BCUT2D eigenvalue weighted by atomic mass is 16.3. The monoisotopic (exact) mass is 288 g/mol. The molecule has 0 unspecified atom stereocenters. The summed E-state index contributed by atoms with van der Waals surface area (Å²) >= 11 is 0. The van der Waals surface area contributed by atoms with E-state index in [2.05, 4.69) is 20.1 Å². The minimum absolute atomic E-state index is 0.100. The Morgan fingerprint density at radius 3 is 3.10 bits per heavy atom. The van der Waals surface area contributed by atoms with Crippen LogP contribution in [0.25, 0.3) is 0 Å². The molecule has 1 aliphatic rings. The smallest absolute Gasteiger partial charge is 0.254 e. The second-order valence-electron chi connectivity index (χ2n) is 5.39. The first-order chi connectivity index (χ1) is 10.3. The number of aromatic nitrogens is 3. The third kappa shape index (κ3) is 2.99. The highest BCUT2D eigenvalue weighted by Gasteiger charge is 2.15. The Morgan fingerprint density at radius 1 is 1.38 bits per heavy atom. The topological polar surface area (TPSA) is 73.0 Å². The van der Waals surface area contributed by atoms with Crippen molar-refractivity contribution < 1.29 is 9.21 Å². The molecule has 6 heteroatoms. The van der Waals surface area contributed by atoms with Crippen molar-refractivity contribution in [3.05, 3.63) is 35.3 Å². The quantitative estimate of drug-likeness (QED) is 0.932. The lowest BCUT2D eigenvalue weighted by Gasteiger charge is -2.07. The zero-order valence-electron chi connectivity index (χ0n) is 12.3. The van der Waals surface area contributed by atoms with Gasteiger partial charge in [0.2, 0.25) is 0 Å². The lowest BCUT2D eigenvalue weighted by Crippen LogP contribution is -2.26. The summed E-state index contributed by atoms with van der Waals surface area (Å²) < 4.78 is 7.35. The fourth-order valence-electron chi connectivity index (χ4n) is 2.73. The third-order valence-corrected chi connectivity index (χ3v) is 3.92. The standard InChI is InChI=1S/C15H20N4O2/c1-11-12(7-10-21-11)15(20)16-8-6-14-18-17-13-5-3-2-4-9-19(13)14/h7,10H,2-6,8-9H2,1H3,(H,16,20). The number of aryl methyl sites for hydroxylation is 2. The van der Waals surface area contributed by atoms with Crippen LogP contribution >= 0.6 is 0 Å². The second-order valence-corrected chi connectivity index (χ2v) is 5.39. The predicted molar refractivity (Wildman–Crippen MR) is 77.1 cm³/mol. The molecule has 0 bridgehead atoms. The minimum atomic E-state index is -0.100. The van der Waals surface area contributed by atoms with Gasteiger partial charge in [-0.3, -0.25) is 4.79 Å². The second kappa shape index (κ2) is 6.11. The molecule has 1 N–H and O–H groups in total. The van der Waals surface area contributed by atoms with Gasteiger partial charge in [0.1, 0.15) is 17.4 Å². The maximum Gasteiger partial charge on any atom is 0.254 e. The predicted octanol–water partition coefficient (Wildman–Crippen LogP) is 1.88. The maximum absolute atomic E-state index is 12.0. The highest BCUT2D eigenvalue weighted by Crippen LogP contribution is 2.14. The number of fused-ring (bicyclic) bond motifs is 1. The fraction of sp³-hybridized carbons (Fsp3) is 0.533. The normalized spacial score (nSPS) is 14.5. The van der Waals surface area contributed by atoms with Crippen molar-refractivity contribution in [2.75, 3.05) is 6.54 Å². The van der Waals surface area contributed by atoms with Gasteiger partial charge in [-0.25, -0.2) is 0 Å². The van der Waals surface area contributed by atoms with Crippen molar-refractivity contribution >= 4 is 5.91 Å². The van der Waals surface area contributed by atoms with Crippen molar-refractivity contribution in [2.45, 2.75) is 45.6 Å². The van der Waals surface area contributed by atoms with E-state index in [1.54, 1.807) is 13.0 Å². The summed E-state index contributed by atoms with van der Waals surface area (Å²) in [5, 5.41) is 11.4. The number of furan rings is 1. The lowest BCUT2D eigenvalue weighted by molar-refractivity contribution is 0.0952. The summed E-state index contributed by atoms with van der Waals surface area (Å²) in [6.45, 7) is 3.33. The molecule has 112 valence electrons. The minimum Gasteiger partial charge on any atom is -0.469 e. The molecule has 1 aliphatic heterocycles. The first-order valence-electron chi connectivity index (χ1n) is 7.49. The largest absolute Gasteiger partial charge is 0.469 e. The summed E-state index contributed by atoms with van der Waals surface area (Å²) in [4.78, 5) is 12.0. The number of hydrogen-bond acceptors (Lipinski definition) is 4. The average molecular weight is 288 g/mol. The Labute approximate surface area is 123 Å². The van der Waals surface area contributed by atoms with Crippen LogP contribution in [-0.2, 0) is 19.4 Å². The molecule has 1 amide bonds. The van der Waals surface area contributed by atoms with E-state index in [4.69, 9.17) is 4.42 Å². The van der Waals surface area contributed by atoms with Crippen LogP contribution in [0.4, 0.5) is 0 Å². The molecule has 0 saturated heterocycles. The van der Waals surface area contributed by atoms with Crippen LogP contribution in [0.1, 0.15) is 47.0 Å². The summed E-state index contributed by atoms with van der Waals surface area (Å²) in [6, 6.07) is 1.69. The van der Waals surface area contributed by atoms with Gasteiger partial charge in [-0.05, 0) is 25.8 Å². The van der Waals surface area contributed by atoms with Gasteiger partial charge in [-0.1, -0.05) is 6.42 Å². The summed E-state index contributed by atoms with van der Waals surface area (Å²) in [5.41, 5.74) is 0.593. The molecule has 6 nitrogen and oxygen atoms in total. The van der Waals surface area contributed by atoms with Gasteiger partial charge < -0.3 is 14.3 Å². The van der Waals surface area contributed by atoms with Crippen LogP contribution in [0.2, 0.25) is 0 Å². The number of amides is 1. The Hall–Kier alpha value is -2.11. The molecule has 3 rings (SSSR count). The molecule has 0 aliphatic carbocycles. The van der Waals surface area contributed by atoms with E-state index >= 15 is 0 Å². The number of carbonyl (C=O) groups excluding carboxylic acids is 1. The number of carbonyl (C=O) groups is 1. The van der Waals surface area contributed by atoms with Crippen molar-refractivity contribution in [1.29, 1.82) is 0 Å². The number of nitrogens with one attached hydrogen (secondary N) is 1. The van der Waals surface area contributed by atoms with E-state index in [0.717, 1.165) is 24.6 Å². The molecular weight excluding hydrogens is 268 g/mol. The first-order valence-corrected chi connectivity index (χ1v) is 7.49. The molecule has 0 radical (unpaired) electrons. The molecule has 0 aromatic carbocycles. The van der Waals surface area contributed by atoms with Crippen LogP contribution in [0.5, 0.6) is 0 Å². The Bertz CT molecular complexity index is 629. The van der Waals surface area contributed by atoms with Crippen molar-refractivity contribution in [3.63, 3.8) is 0 Å². The van der Waals surface area contributed by atoms with Crippen LogP contribution in [0.3, 0.4) is 0 Å². The molecule has 2 aromatic rings. The van der Waals surface area contributed by atoms with Crippen molar-refractivity contribution in [3.8, 4) is 0 Å². The summed E-state index contributed by atoms with van der Waals surface area (Å²) in [6.07, 6.45) is 6.86. The Kier molecular flexibility index (Phi) is 4.03. The Balaban J connectivity index is 1.57. The van der Waals surface area contributed by atoms with E-state index in [-0.39, 0.29) is 5.91 Å². The van der Waals surface area contributed by atoms with Gasteiger partial charge in [-0.2, -0.15) is 0 Å². The van der Waals surface area contributed by atoms with Crippen LogP contribution < -0.4 is 5.32 Å². The summed E-state index contributed by atoms with van der Waals surface area (Å²) in [7, 11) is 0. The first kappa shape index (κ1) is 13.9. The number of hydrogen-bond donors (Lipinski definition) is 1. The number of nitrogens with zero attached hydrogens (tertiary/aromatic N) is 3. The van der Waals surface area contributed by atoms with E-state index in [1.165, 1.54) is 25.5 Å². The van der Waals surface area contributed by atoms with E-state index in [1.807, 2.05) is 0 Å². The fourth-order valence-corrected chi connectivity index (χ4v) is 2.73. The molecular formula is C15H20N4O2. The zero-order valence-corrected chi connectivity index (χ0v) is 12.3. The van der Waals surface area contributed by atoms with Gasteiger partial charge in [-0.15, -0.1) is 10.2 Å². The molecule has 0 spiro atoms. The van der Waals surface area contributed by atoms with Crippen LogP contribution in [0, 0.1) is 6.92 Å². The van der Waals surface area contributed by atoms with Crippen LogP contribution in [-0.4, -0.2) is 27.2 Å². The Morgan fingerprint density at radius 2 is 2.29 bits per heavy atom. The average Bonchev–Trinajstić information content (AvgIpc) is 2.99. The molecule has 0 atom stereocenters. The SMILES string of the molecule is Cc1occc1C(=O)NCCc1nnc2n1CCCCC2. The van der Waals surface area contributed by atoms with Gasteiger partial charge in [0.15, 0.2) is 0 Å². The van der Waals surface area contributed by atoms with E-state index in [9.17, 15) is 4.79 Å². The molecule has 2 aromatic heterocycles. The van der Waals surface area contributed by atoms with Gasteiger partial charge in [0.25, 0.3) is 5.91 Å². The van der Waals surface area contributed by atoms with Gasteiger partial charge >= 0.3 is 0 Å². The summed E-state index contributed by atoms with van der Waals surface area (Å²) in [5.74, 6) is 2.59.